The molecular formula is C105H100Br3Cl4N11O11. The summed E-state index contributed by atoms with van der Waals surface area (Å²) in [6.07, 6.45) is 3.74. The Morgan fingerprint density at radius 1 is 0.388 bits per heavy atom. The third kappa shape index (κ3) is 20.4. The number of aromatic amines is 5. The summed E-state index contributed by atoms with van der Waals surface area (Å²) in [6, 6.07) is 70.2. The van der Waals surface area contributed by atoms with Crippen molar-refractivity contribution in [2.45, 2.75) is 123 Å². The first kappa shape index (κ1) is 95.3. The van der Waals surface area contributed by atoms with Gasteiger partial charge in [-0.25, -0.2) is 24.0 Å². The van der Waals surface area contributed by atoms with Crippen molar-refractivity contribution in [3.63, 3.8) is 0 Å². The fraction of sp³-hybridized carbons (Fsp3) is 0.276. The van der Waals surface area contributed by atoms with Crippen LogP contribution in [0.5, 0.6) is 5.75 Å². The van der Waals surface area contributed by atoms with Gasteiger partial charge in [0.15, 0.2) is 0 Å². The van der Waals surface area contributed by atoms with Crippen molar-refractivity contribution in [1.29, 1.82) is 5.26 Å². The van der Waals surface area contributed by atoms with Crippen molar-refractivity contribution in [1.82, 2.24) is 49.4 Å². The van der Waals surface area contributed by atoms with Gasteiger partial charge < -0.3 is 53.3 Å². The molecule has 22 nitrogen and oxygen atoms in total. The van der Waals surface area contributed by atoms with Gasteiger partial charge in [0.05, 0.1) is 51.8 Å². The van der Waals surface area contributed by atoms with Crippen molar-refractivity contribution in [2.75, 3.05) is 66.8 Å². The number of fused-ring (bicyclic) bond motifs is 15. The Labute approximate surface area is 822 Å². The molecule has 5 aliphatic heterocycles. The number of carbonyl (C=O) groups is 5. The highest BCUT2D eigenvalue weighted by atomic mass is 79.9. The summed E-state index contributed by atoms with van der Waals surface area (Å²) in [5, 5.41) is 17.6. The van der Waals surface area contributed by atoms with Crippen molar-refractivity contribution in [2.24, 2.45) is 0 Å². The minimum Gasteiger partial charge on any atom is -0.497 e. The maximum atomic E-state index is 12.8. The lowest BCUT2D eigenvalue weighted by molar-refractivity contribution is 0.0654. The number of aromatic nitrogens is 5. The van der Waals surface area contributed by atoms with Gasteiger partial charge in [-0.2, -0.15) is 5.26 Å². The van der Waals surface area contributed by atoms with Gasteiger partial charge in [0.25, 0.3) is 0 Å². The lowest BCUT2D eigenvalue weighted by Gasteiger charge is -2.35. The Morgan fingerprint density at radius 2 is 0.709 bits per heavy atom. The number of H-pyrrole nitrogens is 5. The number of nitrogens with one attached hydrogen (secondary N) is 5. The molecule has 5 amide bonds. The van der Waals surface area contributed by atoms with Crippen LogP contribution in [0.15, 0.2) is 226 Å². The highest BCUT2D eigenvalue weighted by Crippen LogP contribution is 2.47. The molecular weight excluding hydrogens is 1970 g/mol. The van der Waals surface area contributed by atoms with Crippen LogP contribution >= 0.6 is 94.2 Å². The molecule has 5 aliphatic rings. The van der Waals surface area contributed by atoms with E-state index < -0.39 is 0 Å². The summed E-state index contributed by atoms with van der Waals surface area (Å²) in [5.41, 5.74) is 23.3. The van der Waals surface area contributed by atoms with Crippen LogP contribution in [0.1, 0.15) is 173 Å². The van der Waals surface area contributed by atoms with Crippen molar-refractivity contribution in [3.8, 4) is 11.8 Å². The molecule has 134 heavy (non-hydrogen) atoms. The van der Waals surface area contributed by atoms with E-state index in [0.717, 1.165) is 175 Å². The van der Waals surface area contributed by atoms with Crippen LogP contribution in [0, 0.1) is 18.3 Å². The molecule has 5 aromatic heterocycles. The average molecular weight is 2070 g/mol. The first-order chi connectivity index (χ1) is 64.8. The first-order valence-corrected chi connectivity index (χ1v) is 48.6. The van der Waals surface area contributed by atoms with Crippen molar-refractivity contribution in [3.05, 3.63) is 341 Å². The zero-order valence-corrected chi connectivity index (χ0v) is 82.9. The summed E-state index contributed by atoms with van der Waals surface area (Å²) in [6.45, 7) is 15.8. The summed E-state index contributed by atoms with van der Waals surface area (Å²) >= 11 is 35.5. The lowest BCUT2D eigenvalue weighted by Crippen LogP contribution is -2.41. The van der Waals surface area contributed by atoms with Crippen LogP contribution in [0.2, 0.25) is 20.1 Å². The number of carbonyl (C=O) groups excluding carboxylic acids is 5. The number of benzene rings is 10. The third-order valence-electron chi connectivity index (χ3n) is 24.8. The van der Waals surface area contributed by atoms with Gasteiger partial charge in [0.1, 0.15) is 36.0 Å². The number of aryl methyl sites for hydroxylation is 1. The molecule has 0 radical (unpaired) electrons. The fourth-order valence-electron chi connectivity index (χ4n) is 18.8. The molecule has 0 bridgehead atoms. The molecule has 0 aliphatic carbocycles. The van der Waals surface area contributed by atoms with Gasteiger partial charge in [-0.3, -0.25) is 24.5 Å². The van der Waals surface area contributed by atoms with E-state index in [0.29, 0.717) is 73.2 Å². The third-order valence-corrected chi connectivity index (χ3v) is 27.2. The van der Waals surface area contributed by atoms with Gasteiger partial charge in [0.2, 0.25) is 0 Å². The van der Waals surface area contributed by atoms with Crippen molar-refractivity contribution >= 4 is 179 Å². The SMILES string of the molecule is CC(C)OC(=O)N1CCc2c([nH]c3ccc(Cl)cc23)C1c1ccc(C#N)cc1.CCCOC(=O)N1CCc2c([nH]c3ccc(Cl)cc23)C1c1ccc(Br)cc1.CCCOC(=O)N1CCc2c([nH]c3ccc(Cl)cc23)C1c1ccc(C)cc1.CCOC(=O)N1CCc2c([nH]c3ccc(Br)cc23)C1c1cccc(Br)c1.COC(=O)N1CCc2c([nH]c3ccc(Cl)cc23)C1c1ccc(OC)cc1. The number of hydrogen-bond donors (Lipinski definition) is 5. The number of rotatable bonds is 12. The fourth-order valence-corrected chi connectivity index (χ4v) is 20.5. The lowest BCUT2D eigenvalue weighted by atomic mass is 9.92. The number of nitriles is 1. The molecule has 10 aromatic carbocycles. The van der Waals surface area contributed by atoms with E-state index in [-0.39, 0.29) is 66.8 Å². The monoisotopic (exact) mass is 2070 g/mol. The minimum absolute atomic E-state index is 0.190. The van der Waals surface area contributed by atoms with E-state index in [4.69, 9.17) is 80.1 Å². The predicted octanol–water partition coefficient (Wildman–Crippen LogP) is 27.2. The Kier molecular flexibility index (Phi) is 30.1. The smallest absolute Gasteiger partial charge is 0.410 e. The minimum atomic E-state index is -0.341. The maximum Gasteiger partial charge on any atom is 0.410 e. The second-order valence-corrected chi connectivity index (χ2v) is 38.1. The largest absolute Gasteiger partial charge is 0.497 e. The second kappa shape index (κ2) is 42.4. The topological polar surface area (TPSA) is 260 Å². The van der Waals surface area contributed by atoms with Crippen LogP contribution in [0.25, 0.3) is 54.5 Å². The highest BCUT2D eigenvalue weighted by Gasteiger charge is 2.42. The zero-order valence-electron chi connectivity index (χ0n) is 75.1. The molecule has 5 unspecified atom stereocenters. The average Bonchev–Trinajstić information content (AvgIpc) is 1.62. The molecule has 29 heteroatoms. The van der Waals surface area contributed by atoms with Gasteiger partial charge in [-0.05, 0) is 268 Å². The Balaban J connectivity index is 0.000000122. The Bertz CT molecular complexity index is 6730. The van der Waals surface area contributed by atoms with E-state index in [1.807, 2.05) is 201 Å². The van der Waals surface area contributed by atoms with Gasteiger partial charge >= 0.3 is 30.5 Å². The van der Waals surface area contributed by atoms with E-state index in [1.165, 1.54) is 45.9 Å². The highest BCUT2D eigenvalue weighted by molar-refractivity contribution is 9.11. The zero-order chi connectivity index (χ0) is 94.3. The maximum absolute atomic E-state index is 12.8. The summed E-state index contributed by atoms with van der Waals surface area (Å²) in [7, 11) is 3.05. The molecule has 5 N–H and O–H groups in total. The molecule has 0 saturated carbocycles. The predicted molar refractivity (Wildman–Crippen MR) is 538 cm³/mol. The Hall–Kier alpha value is -11.9. The van der Waals surface area contributed by atoms with Crippen molar-refractivity contribution < 1.29 is 52.4 Å². The van der Waals surface area contributed by atoms with Gasteiger partial charge in [-0.1, -0.05) is 186 Å². The number of nitrogens with zero attached hydrogens (tertiary/aromatic N) is 6. The second-order valence-electron chi connectivity index (χ2n) is 33.6. The normalized spacial score (nSPS) is 16.4. The van der Waals surface area contributed by atoms with Crippen LogP contribution in [0.3, 0.4) is 0 Å². The molecule has 690 valence electrons. The van der Waals surface area contributed by atoms with Crippen LogP contribution in [-0.4, -0.2) is 153 Å². The summed E-state index contributed by atoms with van der Waals surface area (Å²) < 4.78 is 35.1. The summed E-state index contributed by atoms with van der Waals surface area (Å²) in [5.74, 6) is 0.776. The van der Waals surface area contributed by atoms with Crippen LogP contribution in [-0.2, 0) is 55.8 Å². The number of amides is 5. The molecule has 10 heterocycles. The van der Waals surface area contributed by atoms with Crippen LogP contribution < -0.4 is 4.74 Å². The number of ether oxygens (including phenoxy) is 6. The van der Waals surface area contributed by atoms with E-state index >= 15 is 0 Å². The molecule has 5 atom stereocenters. The van der Waals surface area contributed by atoms with E-state index in [2.05, 4.69) is 134 Å². The van der Waals surface area contributed by atoms with Gasteiger partial charge in [0, 0.05) is 149 Å². The molecule has 20 rings (SSSR count). The number of methoxy groups -OCH3 is 2. The number of halogens is 7. The van der Waals surface area contributed by atoms with Crippen LogP contribution in [0.4, 0.5) is 24.0 Å². The molecule has 0 spiro atoms. The molecule has 15 aromatic rings. The standard InChI is InChI=1S/C22H20ClN3O2.C22H23ClN2O2.C21H20BrClN2O2.C20H18Br2N2O2.C20H19ClN2O3/c1-13(2)28-22(27)26-10-9-17-18-11-16(23)7-8-19(18)25-20(17)21(26)15-5-3-14(12-24)4-6-15;1-3-12-27-22(26)25-11-10-17-18-13-16(23)8-9-19(18)24-20(17)21(25)15-6-4-14(2)5-7-15;1-2-11-27-21(26)25-10-9-16-17-12-15(23)7-8-18(17)24-19(16)20(25)13-3-5-14(22)6-4-13;1-2-26-20(25)24-9-8-15-16-11-14(22)6-7-17(16)23-18(15)19(24)12-4-3-5-13(21)10-12;1-25-14-6-3-12(4-7-14)19-18-15(9-10-23(19)20(24)26-2)16-11-13(21)5-8-17(16)22-18/h3-8,11,13,21,25H,9-10H2,1-2H3;4-9,13,21,24H,3,10-12H2,1-2H3;3-8,12,20,24H,2,9-11H2,1H3;3-7,10-11,19,23H,2,8-9H2,1H3;3-8,11,19,22H,9-10H2,1-2H3. The Morgan fingerprint density at radius 3 is 1.06 bits per heavy atom. The molecule has 0 saturated heterocycles. The molecule has 0 fully saturated rings. The first-order valence-electron chi connectivity index (χ1n) is 44.7. The van der Waals surface area contributed by atoms with E-state index in [1.54, 1.807) is 29.0 Å². The van der Waals surface area contributed by atoms with E-state index in [9.17, 15) is 24.0 Å². The quantitative estimate of drug-likeness (QED) is 0.0716. The summed E-state index contributed by atoms with van der Waals surface area (Å²) in [4.78, 5) is 89.9. The van der Waals surface area contributed by atoms with Gasteiger partial charge in [-0.15, -0.1) is 0 Å². The number of hydrogen-bond acceptors (Lipinski definition) is 12.